The third-order valence-electron chi connectivity index (χ3n) is 3.90. The van der Waals surface area contributed by atoms with Crippen LogP contribution >= 0.6 is 15.9 Å². The standard InChI is InChI=1S/C14H24BrO/c15-13-10-7-11-16-14(13)12-8-5-3-1-2-4-6-9-12/h13-14H,1-11H2. The normalized spacial score (nSPS) is 35.1. The van der Waals surface area contributed by atoms with Gasteiger partial charge in [-0.3, -0.25) is 0 Å². The molecule has 2 atom stereocenters. The van der Waals surface area contributed by atoms with Crippen LogP contribution in [0.3, 0.4) is 0 Å². The fraction of sp³-hybridized carbons (Fsp3) is 0.929. The second-order valence-electron chi connectivity index (χ2n) is 5.23. The number of halogens is 1. The molecule has 2 heteroatoms. The smallest absolute Gasteiger partial charge is 0.0762 e. The Kier molecular flexibility index (Phi) is 5.64. The van der Waals surface area contributed by atoms with E-state index in [1.165, 1.54) is 64.2 Å². The Morgan fingerprint density at radius 2 is 1.50 bits per heavy atom. The molecule has 2 fully saturated rings. The maximum Gasteiger partial charge on any atom is 0.0762 e. The Morgan fingerprint density at radius 3 is 2.12 bits per heavy atom. The monoisotopic (exact) mass is 287 g/mol. The molecule has 0 bridgehead atoms. The third kappa shape index (κ3) is 3.73. The first kappa shape index (κ1) is 12.9. The first-order chi connectivity index (χ1) is 7.88. The SMILES string of the molecule is BrC1CCCOC1[C]1CCCCCCCC1. The van der Waals surface area contributed by atoms with Crippen LogP contribution in [0.2, 0.25) is 0 Å². The van der Waals surface area contributed by atoms with E-state index in [0.29, 0.717) is 10.9 Å². The van der Waals surface area contributed by atoms with Gasteiger partial charge in [0.05, 0.1) is 6.10 Å². The average molecular weight is 288 g/mol. The molecule has 1 aliphatic carbocycles. The minimum atomic E-state index is 0.423. The molecule has 0 N–H and O–H groups in total. The molecule has 16 heavy (non-hydrogen) atoms. The quantitative estimate of drug-likeness (QED) is 0.639. The lowest BCUT2D eigenvalue weighted by Crippen LogP contribution is -2.35. The minimum absolute atomic E-state index is 0.423. The maximum atomic E-state index is 5.98. The lowest BCUT2D eigenvalue weighted by molar-refractivity contribution is 0.0262. The highest BCUT2D eigenvalue weighted by atomic mass is 79.9. The lowest BCUT2D eigenvalue weighted by atomic mass is 9.87. The van der Waals surface area contributed by atoms with Crippen molar-refractivity contribution in [1.82, 2.24) is 0 Å². The second kappa shape index (κ2) is 7.00. The van der Waals surface area contributed by atoms with Crippen LogP contribution in [-0.4, -0.2) is 17.5 Å². The summed E-state index contributed by atoms with van der Waals surface area (Å²) in [6.07, 6.45) is 14.0. The molecule has 2 unspecified atom stereocenters. The zero-order chi connectivity index (χ0) is 11.2. The third-order valence-corrected chi connectivity index (χ3v) is 4.84. The molecular weight excluding hydrogens is 264 g/mol. The van der Waals surface area contributed by atoms with E-state index in [9.17, 15) is 0 Å². The van der Waals surface area contributed by atoms with Crippen LogP contribution < -0.4 is 0 Å². The van der Waals surface area contributed by atoms with E-state index in [0.717, 1.165) is 6.61 Å². The summed E-state index contributed by atoms with van der Waals surface area (Å²) >= 11 is 3.81. The molecule has 1 nitrogen and oxygen atoms in total. The Morgan fingerprint density at radius 1 is 0.875 bits per heavy atom. The molecule has 0 amide bonds. The summed E-state index contributed by atoms with van der Waals surface area (Å²) in [6, 6.07) is 0. The number of hydrogen-bond acceptors (Lipinski definition) is 1. The zero-order valence-electron chi connectivity index (χ0n) is 10.2. The van der Waals surface area contributed by atoms with Gasteiger partial charge in [0.1, 0.15) is 0 Å². The van der Waals surface area contributed by atoms with Crippen LogP contribution in [0.4, 0.5) is 0 Å². The summed E-state index contributed by atoms with van der Waals surface area (Å²) in [5, 5.41) is 0. The lowest BCUT2D eigenvalue weighted by Gasteiger charge is -2.34. The molecule has 0 aromatic heterocycles. The molecule has 0 spiro atoms. The Balaban J connectivity index is 1.88. The van der Waals surface area contributed by atoms with Crippen molar-refractivity contribution in [2.75, 3.05) is 6.61 Å². The van der Waals surface area contributed by atoms with Gasteiger partial charge in [0.2, 0.25) is 0 Å². The van der Waals surface area contributed by atoms with Crippen LogP contribution in [0.5, 0.6) is 0 Å². The van der Waals surface area contributed by atoms with Crippen molar-refractivity contribution < 1.29 is 4.74 Å². The van der Waals surface area contributed by atoms with Crippen molar-refractivity contribution in [1.29, 1.82) is 0 Å². The molecule has 1 aliphatic heterocycles. The van der Waals surface area contributed by atoms with Gasteiger partial charge in [-0.25, -0.2) is 0 Å². The summed E-state index contributed by atoms with van der Waals surface area (Å²) in [4.78, 5) is 0.581. The van der Waals surface area contributed by atoms with E-state index in [1.54, 1.807) is 5.92 Å². The van der Waals surface area contributed by atoms with E-state index in [-0.39, 0.29) is 0 Å². The fourth-order valence-corrected chi connectivity index (χ4v) is 3.79. The molecule has 1 saturated carbocycles. The van der Waals surface area contributed by atoms with Gasteiger partial charge < -0.3 is 4.74 Å². The molecular formula is C14H24BrO. The zero-order valence-corrected chi connectivity index (χ0v) is 11.8. The Bertz CT molecular complexity index is 185. The van der Waals surface area contributed by atoms with E-state index < -0.39 is 0 Å². The second-order valence-corrected chi connectivity index (χ2v) is 6.41. The summed E-state index contributed by atoms with van der Waals surface area (Å²) in [5.41, 5.74) is 0. The highest BCUT2D eigenvalue weighted by Crippen LogP contribution is 2.34. The molecule has 1 heterocycles. The van der Waals surface area contributed by atoms with E-state index in [2.05, 4.69) is 15.9 Å². The maximum absolute atomic E-state index is 5.98. The number of alkyl halides is 1. The summed E-state index contributed by atoms with van der Waals surface area (Å²) < 4.78 is 5.98. The molecule has 0 aromatic carbocycles. The number of hydrogen-bond donors (Lipinski definition) is 0. The first-order valence-corrected chi connectivity index (χ1v) is 7.90. The molecule has 1 saturated heterocycles. The predicted octanol–water partition coefficient (Wildman–Crippen LogP) is 4.64. The van der Waals surface area contributed by atoms with Gasteiger partial charge in [0.15, 0.2) is 0 Å². The molecule has 2 aliphatic rings. The minimum Gasteiger partial charge on any atom is -0.376 e. The van der Waals surface area contributed by atoms with Crippen molar-refractivity contribution >= 4 is 15.9 Å². The Labute approximate surface area is 108 Å². The van der Waals surface area contributed by atoms with Gasteiger partial charge in [-0.1, -0.05) is 54.5 Å². The van der Waals surface area contributed by atoms with Crippen LogP contribution in [0.1, 0.15) is 64.2 Å². The van der Waals surface area contributed by atoms with Gasteiger partial charge in [0, 0.05) is 17.4 Å². The van der Waals surface area contributed by atoms with Gasteiger partial charge in [-0.05, 0) is 25.7 Å². The highest BCUT2D eigenvalue weighted by molar-refractivity contribution is 9.09. The average Bonchev–Trinajstić information content (AvgIpc) is 2.43. The van der Waals surface area contributed by atoms with Crippen LogP contribution in [-0.2, 0) is 4.74 Å². The van der Waals surface area contributed by atoms with Crippen molar-refractivity contribution in [2.24, 2.45) is 0 Å². The number of rotatable bonds is 1. The van der Waals surface area contributed by atoms with Gasteiger partial charge in [-0.2, -0.15) is 0 Å². The van der Waals surface area contributed by atoms with Gasteiger partial charge >= 0.3 is 0 Å². The molecule has 0 aromatic rings. The van der Waals surface area contributed by atoms with Crippen molar-refractivity contribution in [3.8, 4) is 0 Å². The number of ether oxygens (including phenoxy) is 1. The van der Waals surface area contributed by atoms with Crippen molar-refractivity contribution in [3.05, 3.63) is 5.92 Å². The van der Waals surface area contributed by atoms with Gasteiger partial charge in [-0.15, -0.1) is 0 Å². The van der Waals surface area contributed by atoms with E-state index in [4.69, 9.17) is 4.74 Å². The highest BCUT2D eigenvalue weighted by Gasteiger charge is 2.31. The van der Waals surface area contributed by atoms with Gasteiger partial charge in [0.25, 0.3) is 0 Å². The summed E-state index contributed by atoms with van der Waals surface area (Å²) in [5.74, 6) is 1.70. The van der Waals surface area contributed by atoms with Crippen molar-refractivity contribution in [3.63, 3.8) is 0 Å². The summed E-state index contributed by atoms with van der Waals surface area (Å²) in [6.45, 7) is 0.969. The summed E-state index contributed by atoms with van der Waals surface area (Å²) in [7, 11) is 0. The van der Waals surface area contributed by atoms with Crippen molar-refractivity contribution in [2.45, 2.75) is 75.1 Å². The van der Waals surface area contributed by atoms with Crippen LogP contribution in [0, 0.1) is 5.92 Å². The molecule has 93 valence electrons. The fourth-order valence-electron chi connectivity index (χ4n) is 2.94. The van der Waals surface area contributed by atoms with Crippen LogP contribution in [0.25, 0.3) is 0 Å². The first-order valence-electron chi connectivity index (χ1n) is 6.98. The molecule has 1 radical (unpaired) electrons. The Hall–Kier alpha value is 0.440. The topological polar surface area (TPSA) is 9.23 Å². The van der Waals surface area contributed by atoms with Crippen LogP contribution in [0.15, 0.2) is 0 Å². The largest absolute Gasteiger partial charge is 0.376 e. The predicted molar refractivity (Wildman–Crippen MR) is 71.9 cm³/mol. The van der Waals surface area contributed by atoms with E-state index in [1.807, 2.05) is 0 Å². The van der Waals surface area contributed by atoms with E-state index >= 15 is 0 Å². The molecule has 2 rings (SSSR count).